The molecule has 17 heavy (non-hydrogen) atoms. The number of cyclic esters (lactones) is 1. The summed E-state index contributed by atoms with van der Waals surface area (Å²) in [6.45, 7) is 0.414. The van der Waals surface area contributed by atoms with Gasteiger partial charge < -0.3 is 19.5 Å². The number of alkyl carbamates (subject to hydrolysis) is 1. The van der Waals surface area contributed by atoms with Crippen molar-refractivity contribution in [3.8, 4) is 11.5 Å². The summed E-state index contributed by atoms with van der Waals surface area (Å²) < 4.78 is 15.4. The Morgan fingerprint density at radius 3 is 2.82 bits per heavy atom. The largest absolute Gasteiger partial charge is 0.493 e. The van der Waals surface area contributed by atoms with Gasteiger partial charge >= 0.3 is 6.09 Å². The molecule has 1 aliphatic rings. The average molecular weight is 237 g/mol. The van der Waals surface area contributed by atoms with Crippen molar-refractivity contribution in [2.24, 2.45) is 0 Å². The predicted octanol–water partition coefficient (Wildman–Crippen LogP) is 1.87. The fraction of sp³-hybridized carbons (Fsp3) is 0.417. The average Bonchev–Trinajstić information content (AvgIpc) is 2.37. The minimum atomic E-state index is -0.397. The van der Waals surface area contributed by atoms with E-state index in [4.69, 9.17) is 14.2 Å². The Hall–Kier alpha value is -1.91. The van der Waals surface area contributed by atoms with E-state index in [2.05, 4.69) is 5.32 Å². The molecule has 5 nitrogen and oxygen atoms in total. The fourth-order valence-electron chi connectivity index (χ4n) is 1.95. The van der Waals surface area contributed by atoms with E-state index in [0.717, 1.165) is 12.0 Å². The molecule has 1 aromatic carbocycles. The summed E-state index contributed by atoms with van der Waals surface area (Å²) in [5, 5.41) is 2.76. The lowest BCUT2D eigenvalue weighted by molar-refractivity contribution is 0.115. The van der Waals surface area contributed by atoms with Gasteiger partial charge in [0, 0.05) is 12.0 Å². The first-order valence-electron chi connectivity index (χ1n) is 5.40. The Kier molecular flexibility index (Phi) is 3.37. The highest BCUT2D eigenvalue weighted by Gasteiger charge is 2.24. The van der Waals surface area contributed by atoms with Gasteiger partial charge in [-0.05, 0) is 6.07 Å². The molecule has 0 saturated carbocycles. The van der Waals surface area contributed by atoms with Gasteiger partial charge in [-0.3, -0.25) is 0 Å². The SMILES string of the molecule is COc1cccc([C@@H]2CCOC(=O)N2)c1OC. The van der Waals surface area contributed by atoms with E-state index in [9.17, 15) is 4.79 Å². The van der Waals surface area contributed by atoms with Crippen LogP contribution in [0.1, 0.15) is 18.0 Å². The molecule has 1 aromatic rings. The summed E-state index contributed by atoms with van der Waals surface area (Å²) in [6.07, 6.45) is 0.320. The van der Waals surface area contributed by atoms with E-state index in [1.807, 2.05) is 18.2 Å². The molecule has 0 aliphatic carbocycles. The number of carbonyl (C=O) groups is 1. The summed E-state index contributed by atoms with van der Waals surface area (Å²) in [6, 6.07) is 5.51. The van der Waals surface area contributed by atoms with Crippen LogP contribution in [0.3, 0.4) is 0 Å². The molecule has 0 spiro atoms. The molecule has 0 unspecified atom stereocenters. The van der Waals surface area contributed by atoms with Gasteiger partial charge in [0.25, 0.3) is 0 Å². The summed E-state index contributed by atoms with van der Waals surface area (Å²) in [4.78, 5) is 11.2. The van der Waals surface area contributed by atoms with Crippen molar-refractivity contribution < 1.29 is 19.0 Å². The molecule has 1 heterocycles. The smallest absolute Gasteiger partial charge is 0.407 e. The van der Waals surface area contributed by atoms with Gasteiger partial charge in [-0.15, -0.1) is 0 Å². The summed E-state index contributed by atoms with van der Waals surface area (Å²) in [5.41, 5.74) is 0.906. The third-order valence-corrected chi connectivity index (χ3v) is 2.74. The second-order valence-corrected chi connectivity index (χ2v) is 3.70. The first-order valence-corrected chi connectivity index (χ1v) is 5.40. The Bertz CT molecular complexity index is 419. The normalized spacial score (nSPS) is 19.2. The third-order valence-electron chi connectivity index (χ3n) is 2.74. The molecule has 1 N–H and O–H groups in total. The molecule has 1 amide bonds. The number of nitrogens with one attached hydrogen (secondary N) is 1. The topological polar surface area (TPSA) is 56.8 Å². The Morgan fingerprint density at radius 1 is 1.35 bits per heavy atom. The number of rotatable bonds is 3. The summed E-state index contributed by atoms with van der Waals surface area (Å²) in [5.74, 6) is 1.31. The zero-order chi connectivity index (χ0) is 12.3. The molecule has 1 fully saturated rings. The first kappa shape index (κ1) is 11.6. The maximum absolute atomic E-state index is 11.2. The summed E-state index contributed by atoms with van der Waals surface area (Å²) in [7, 11) is 3.17. The second-order valence-electron chi connectivity index (χ2n) is 3.70. The van der Waals surface area contributed by atoms with E-state index < -0.39 is 6.09 Å². The zero-order valence-electron chi connectivity index (χ0n) is 9.86. The maximum Gasteiger partial charge on any atom is 0.407 e. The van der Waals surface area contributed by atoms with Crippen LogP contribution < -0.4 is 14.8 Å². The van der Waals surface area contributed by atoms with Crippen molar-refractivity contribution in [2.45, 2.75) is 12.5 Å². The number of benzene rings is 1. The number of hydrogen-bond acceptors (Lipinski definition) is 4. The van der Waals surface area contributed by atoms with E-state index >= 15 is 0 Å². The van der Waals surface area contributed by atoms with Crippen LogP contribution in [0.15, 0.2) is 18.2 Å². The van der Waals surface area contributed by atoms with Crippen molar-refractivity contribution in [3.63, 3.8) is 0 Å². The number of hydrogen-bond donors (Lipinski definition) is 1. The highest BCUT2D eigenvalue weighted by molar-refractivity contribution is 5.69. The number of methoxy groups -OCH3 is 2. The number of para-hydroxylation sites is 1. The van der Waals surface area contributed by atoms with Crippen LogP contribution in [0.2, 0.25) is 0 Å². The lowest BCUT2D eigenvalue weighted by Gasteiger charge is -2.25. The molecule has 0 bridgehead atoms. The monoisotopic (exact) mass is 237 g/mol. The van der Waals surface area contributed by atoms with Gasteiger partial charge in [-0.1, -0.05) is 12.1 Å². The van der Waals surface area contributed by atoms with Crippen LogP contribution >= 0.6 is 0 Å². The van der Waals surface area contributed by atoms with E-state index in [1.165, 1.54) is 0 Å². The minimum Gasteiger partial charge on any atom is -0.493 e. The molecular formula is C12H15NO4. The standard InChI is InChI=1S/C12H15NO4/c1-15-10-5-3-4-8(11(10)16-2)9-6-7-17-12(14)13-9/h3-5,9H,6-7H2,1-2H3,(H,13,14)/t9-/m0/s1. The first-order chi connectivity index (χ1) is 8.26. The Morgan fingerprint density at radius 2 is 2.18 bits per heavy atom. The third kappa shape index (κ3) is 2.27. The van der Waals surface area contributed by atoms with Crippen molar-refractivity contribution in [3.05, 3.63) is 23.8 Å². The van der Waals surface area contributed by atoms with E-state index in [0.29, 0.717) is 18.1 Å². The van der Waals surface area contributed by atoms with E-state index in [-0.39, 0.29) is 6.04 Å². The zero-order valence-corrected chi connectivity index (χ0v) is 9.86. The number of carbonyl (C=O) groups excluding carboxylic acids is 1. The molecule has 92 valence electrons. The summed E-state index contributed by atoms with van der Waals surface area (Å²) >= 11 is 0. The van der Waals surface area contributed by atoms with Crippen molar-refractivity contribution in [1.29, 1.82) is 0 Å². The Labute approximate surface area is 99.7 Å². The molecule has 1 aliphatic heterocycles. The lowest BCUT2D eigenvalue weighted by Crippen LogP contribution is -2.35. The van der Waals surface area contributed by atoms with Crippen LogP contribution in [0.5, 0.6) is 11.5 Å². The van der Waals surface area contributed by atoms with Gasteiger partial charge in [-0.25, -0.2) is 4.79 Å². The van der Waals surface area contributed by atoms with Crippen molar-refractivity contribution in [2.75, 3.05) is 20.8 Å². The van der Waals surface area contributed by atoms with Crippen LogP contribution in [-0.4, -0.2) is 26.9 Å². The van der Waals surface area contributed by atoms with Crippen molar-refractivity contribution >= 4 is 6.09 Å². The van der Waals surface area contributed by atoms with Crippen LogP contribution in [0.4, 0.5) is 4.79 Å². The van der Waals surface area contributed by atoms with Crippen LogP contribution in [-0.2, 0) is 4.74 Å². The van der Waals surface area contributed by atoms with Gasteiger partial charge in [0.05, 0.1) is 26.9 Å². The number of amides is 1. The highest BCUT2D eigenvalue weighted by Crippen LogP contribution is 2.36. The number of ether oxygens (including phenoxy) is 3. The molecular weight excluding hydrogens is 222 g/mol. The predicted molar refractivity (Wildman–Crippen MR) is 61.4 cm³/mol. The van der Waals surface area contributed by atoms with Gasteiger partial charge in [-0.2, -0.15) is 0 Å². The van der Waals surface area contributed by atoms with Gasteiger partial charge in [0.1, 0.15) is 0 Å². The molecule has 0 aromatic heterocycles. The minimum absolute atomic E-state index is 0.0960. The molecule has 1 atom stereocenters. The van der Waals surface area contributed by atoms with Crippen molar-refractivity contribution in [1.82, 2.24) is 5.32 Å². The van der Waals surface area contributed by atoms with Crippen LogP contribution in [0, 0.1) is 0 Å². The molecule has 1 saturated heterocycles. The van der Waals surface area contributed by atoms with Crippen LogP contribution in [0.25, 0.3) is 0 Å². The Balaban J connectivity index is 2.33. The maximum atomic E-state index is 11.2. The van der Waals surface area contributed by atoms with E-state index in [1.54, 1.807) is 14.2 Å². The lowest BCUT2D eigenvalue weighted by atomic mass is 10.0. The van der Waals surface area contributed by atoms with Gasteiger partial charge in [0.15, 0.2) is 11.5 Å². The fourth-order valence-corrected chi connectivity index (χ4v) is 1.95. The molecule has 0 radical (unpaired) electrons. The molecule has 2 rings (SSSR count). The second kappa shape index (κ2) is 4.95. The molecule has 5 heteroatoms. The quantitative estimate of drug-likeness (QED) is 0.872. The van der Waals surface area contributed by atoms with Gasteiger partial charge in [0.2, 0.25) is 0 Å². The highest BCUT2D eigenvalue weighted by atomic mass is 16.6.